The van der Waals surface area contributed by atoms with Gasteiger partial charge < -0.3 is 9.30 Å². The standard InChI is InChI=1S/C24H23N3O/c1-15-12-19(13-16(2)24(15)28-3)22-23(27-11-5-7-21(27)26-22)18-8-9-20-17(14-18)6-4-10-25-20/h4,6,8-10,12-14H,5,7,11H2,1-3H3. The fourth-order valence-electron chi connectivity index (χ4n) is 4.45. The van der Waals surface area contributed by atoms with Crippen molar-refractivity contribution in [3.8, 4) is 28.3 Å². The third-order valence-electron chi connectivity index (χ3n) is 5.64. The Bertz CT molecular complexity index is 1180. The van der Waals surface area contributed by atoms with Crippen LogP contribution >= 0.6 is 0 Å². The van der Waals surface area contributed by atoms with Gasteiger partial charge in [-0.3, -0.25) is 4.98 Å². The maximum absolute atomic E-state index is 5.56. The van der Waals surface area contributed by atoms with Gasteiger partial charge in [0.05, 0.1) is 24.0 Å². The molecule has 4 aromatic rings. The van der Waals surface area contributed by atoms with Gasteiger partial charge in [0.2, 0.25) is 0 Å². The highest BCUT2D eigenvalue weighted by Crippen LogP contribution is 2.38. The second kappa shape index (κ2) is 6.48. The van der Waals surface area contributed by atoms with Gasteiger partial charge in [-0.15, -0.1) is 0 Å². The van der Waals surface area contributed by atoms with E-state index in [-0.39, 0.29) is 0 Å². The smallest absolute Gasteiger partial charge is 0.124 e. The molecule has 0 spiro atoms. The van der Waals surface area contributed by atoms with Gasteiger partial charge in [0.15, 0.2) is 0 Å². The molecule has 0 atom stereocenters. The molecule has 0 unspecified atom stereocenters. The van der Waals surface area contributed by atoms with Gasteiger partial charge in [-0.2, -0.15) is 0 Å². The zero-order valence-electron chi connectivity index (χ0n) is 16.5. The van der Waals surface area contributed by atoms with E-state index in [1.165, 1.54) is 17.1 Å². The van der Waals surface area contributed by atoms with Crippen LogP contribution in [0.4, 0.5) is 0 Å². The van der Waals surface area contributed by atoms with Crippen molar-refractivity contribution < 1.29 is 4.74 Å². The van der Waals surface area contributed by atoms with Crippen LogP contribution in [0.5, 0.6) is 5.75 Å². The summed E-state index contributed by atoms with van der Waals surface area (Å²) in [5.41, 5.74) is 7.92. The molecular formula is C24H23N3O. The molecule has 140 valence electrons. The lowest BCUT2D eigenvalue weighted by atomic mass is 9.99. The minimum absolute atomic E-state index is 0.953. The van der Waals surface area contributed by atoms with Crippen molar-refractivity contribution in [1.82, 2.24) is 14.5 Å². The molecule has 0 aliphatic carbocycles. The molecule has 4 nitrogen and oxygen atoms in total. The molecular weight excluding hydrogens is 346 g/mol. The number of nitrogens with zero attached hydrogens (tertiary/aromatic N) is 3. The van der Waals surface area contributed by atoms with Gasteiger partial charge in [0, 0.05) is 35.7 Å². The summed E-state index contributed by atoms with van der Waals surface area (Å²) in [5.74, 6) is 2.14. The average Bonchev–Trinajstić information content (AvgIpc) is 3.28. The minimum atomic E-state index is 0.953. The molecule has 5 rings (SSSR count). The predicted molar refractivity (Wildman–Crippen MR) is 113 cm³/mol. The van der Waals surface area contributed by atoms with Gasteiger partial charge in [-0.05, 0) is 61.7 Å². The minimum Gasteiger partial charge on any atom is -0.496 e. The van der Waals surface area contributed by atoms with Gasteiger partial charge in [0.1, 0.15) is 11.6 Å². The number of hydrogen-bond acceptors (Lipinski definition) is 3. The second-order valence-electron chi connectivity index (χ2n) is 7.53. The number of imidazole rings is 1. The van der Waals surface area contributed by atoms with Crippen LogP contribution in [-0.4, -0.2) is 21.6 Å². The van der Waals surface area contributed by atoms with E-state index >= 15 is 0 Å². The summed E-state index contributed by atoms with van der Waals surface area (Å²) in [6, 6.07) is 15.0. The van der Waals surface area contributed by atoms with Crippen molar-refractivity contribution in [3.63, 3.8) is 0 Å². The van der Waals surface area contributed by atoms with Crippen molar-refractivity contribution in [2.75, 3.05) is 7.11 Å². The molecule has 3 heterocycles. The van der Waals surface area contributed by atoms with Crippen molar-refractivity contribution in [2.45, 2.75) is 33.2 Å². The van der Waals surface area contributed by atoms with Crippen LogP contribution in [0.15, 0.2) is 48.7 Å². The second-order valence-corrected chi connectivity index (χ2v) is 7.53. The first-order valence-corrected chi connectivity index (χ1v) is 9.76. The van der Waals surface area contributed by atoms with Crippen molar-refractivity contribution in [2.24, 2.45) is 0 Å². The average molecular weight is 369 g/mol. The highest BCUT2D eigenvalue weighted by molar-refractivity contribution is 5.88. The van der Waals surface area contributed by atoms with Crippen LogP contribution in [-0.2, 0) is 13.0 Å². The number of hydrogen-bond donors (Lipinski definition) is 0. The Labute approximate surface area is 164 Å². The molecule has 0 saturated heterocycles. The highest BCUT2D eigenvalue weighted by Gasteiger charge is 2.24. The van der Waals surface area contributed by atoms with E-state index in [4.69, 9.17) is 9.72 Å². The zero-order valence-corrected chi connectivity index (χ0v) is 16.5. The monoisotopic (exact) mass is 369 g/mol. The summed E-state index contributed by atoms with van der Waals surface area (Å²) in [7, 11) is 1.73. The molecule has 2 aromatic carbocycles. The lowest BCUT2D eigenvalue weighted by Crippen LogP contribution is -1.97. The summed E-state index contributed by atoms with van der Waals surface area (Å²) in [6.45, 7) is 5.22. The maximum atomic E-state index is 5.56. The number of methoxy groups -OCH3 is 1. The third kappa shape index (κ3) is 2.60. The lowest BCUT2D eigenvalue weighted by molar-refractivity contribution is 0.408. The summed E-state index contributed by atoms with van der Waals surface area (Å²) in [6.07, 6.45) is 4.04. The molecule has 4 heteroatoms. The summed E-state index contributed by atoms with van der Waals surface area (Å²) >= 11 is 0. The maximum Gasteiger partial charge on any atom is 0.124 e. The number of fused-ring (bicyclic) bond motifs is 2. The quantitative estimate of drug-likeness (QED) is 0.489. The van der Waals surface area contributed by atoms with E-state index in [1.807, 2.05) is 12.3 Å². The van der Waals surface area contributed by atoms with Gasteiger partial charge in [-0.25, -0.2) is 4.98 Å². The molecule has 0 bridgehead atoms. The molecule has 1 aliphatic heterocycles. The summed E-state index contributed by atoms with van der Waals surface area (Å²) < 4.78 is 7.95. The first-order chi connectivity index (χ1) is 13.7. The van der Waals surface area contributed by atoms with Crippen LogP contribution < -0.4 is 4.74 Å². The molecule has 0 amide bonds. The van der Waals surface area contributed by atoms with Crippen molar-refractivity contribution in [3.05, 3.63) is 65.6 Å². The molecule has 0 saturated carbocycles. The Morgan fingerprint density at radius 2 is 1.82 bits per heavy atom. The van der Waals surface area contributed by atoms with E-state index in [1.54, 1.807) is 7.11 Å². The molecule has 2 aromatic heterocycles. The van der Waals surface area contributed by atoms with Gasteiger partial charge >= 0.3 is 0 Å². The van der Waals surface area contributed by atoms with Gasteiger partial charge in [0.25, 0.3) is 0 Å². The van der Waals surface area contributed by atoms with E-state index in [0.29, 0.717) is 0 Å². The van der Waals surface area contributed by atoms with E-state index in [0.717, 1.165) is 58.4 Å². The van der Waals surface area contributed by atoms with Gasteiger partial charge in [-0.1, -0.05) is 12.1 Å². The largest absolute Gasteiger partial charge is 0.496 e. The van der Waals surface area contributed by atoms with Crippen LogP contribution in [0.25, 0.3) is 33.4 Å². The van der Waals surface area contributed by atoms with E-state index in [9.17, 15) is 0 Å². The first kappa shape index (κ1) is 17.0. The van der Waals surface area contributed by atoms with E-state index < -0.39 is 0 Å². The Morgan fingerprint density at radius 1 is 1.00 bits per heavy atom. The Balaban J connectivity index is 1.74. The van der Waals surface area contributed by atoms with Crippen LogP contribution in [0, 0.1) is 13.8 Å². The van der Waals surface area contributed by atoms with Crippen molar-refractivity contribution in [1.29, 1.82) is 0 Å². The number of pyridine rings is 1. The van der Waals surface area contributed by atoms with Crippen LogP contribution in [0.2, 0.25) is 0 Å². The number of aryl methyl sites for hydroxylation is 3. The fraction of sp³-hybridized carbons (Fsp3) is 0.250. The molecule has 1 aliphatic rings. The van der Waals surface area contributed by atoms with Crippen LogP contribution in [0.1, 0.15) is 23.4 Å². The highest BCUT2D eigenvalue weighted by atomic mass is 16.5. The Morgan fingerprint density at radius 3 is 2.61 bits per heavy atom. The molecule has 0 fully saturated rings. The number of ether oxygens (including phenoxy) is 1. The number of benzene rings is 2. The summed E-state index contributed by atoms with van der Waals surface area (Å²) in [5, 5.41) is 1.15. The normalized spacial score (nSPS) is 13.1. The predicted octanol–water partition coefficient (Wildman–Crippen LogP) is 5.34. The van der Waals surface area contributed by atoms with Crippen LogP contribution in [0.3, 0.4) is 0 Å². The fourth-order valence-corrected chi connectivity index (χ4v) is 4.45. The molecule has 0 radical (unpaired) electrons. The lowest BCUT2D eigenvalue weighted by Gasteiger charge is -2.13. The Kier molecular flexibility index (Phi) is 3.93. The SMILES string of the molecule is COc1c(C)cc(-c2nc3n(c2-c2ccc4ncccc4c2)CCC3)cc1C. The topological polar surface area (TPSA) is 39.9 Å². The number of rotatable bonds is 3. The van der Waals surface area contributed by atoms with E-state index in [2.05, 4.69) is 59.8 Å². The molecule has 28 heavy (non-hydrogen) atoms. The Hall–Kier alpha value is -3.14. The molecule has 0 N–H and O–H groups in total. The third-order valence-corrected chi connectivity index (χ3v) is 5.64. The zero-order chi connectivity index (χ0) is 19.3. The first-order valence-electron chi connectivity index (χ1n) is 9.76. The summed E-state index contributed by atoms with van der Waals surface area (Å²) in [4.78, 5) is 9.52. The number of aromatic nitrogens is 3. The van der Waals surface area contributed by atoms with Crippen molar-refractivity contribution >= 4 is 10.9 Å².